The Bertz CT molecular complexity index is 868. The molecule has 1 heterocycles. The molecule has 6 heteroatoms. The SMILES string of the molecule is CC(C(=O)Nc1ccc(C(N)=O)cc1)n1cnc2ccccc21. The molecule has 2 aromatic carbocycles. The van der Waals surface area contributed by atoms with Gasteiger partial charge in [0.2, 0.25) is 11.8 Å². The zero-order chi connectivity index (χ0) is 16.4. The maximum atomic E-state index is 12.4. The summed E-state index contributed by atoms with van der Waals surface area (Å²) in [6.45, 7) is 1.81. The van der Waals surface area contributed by atoms with E-state index in [0.717, 1.165) is 11.0 Å². The van der Waals surface area contributed by atoms with Gasteiger partial charge in [0.15, 0.2) is 0 Å². The first-order valence-corrected chi connectivity index (χ1v) is 7.18. The van der Waals surface area contributed by atoms with Crippen molar-refractivity contribution in [2.75, 3.05) is 5.32 Å². The van der Waals surface area contributed by atoms with E-state index in [9.17, 15) is 9.59 Å². The number of aromatic nitrogens is 2. The van der Waals surface area contributed by atoms with Crippen LogP contribution in [0.1, 0.15) is 23.3 Å². The smallest absolute Gasteiger partial charge is 0.248 e. The highest BCUT2D eigenvalue weighted by Gasteiger charge is 2.17. The third-order valence-corrected chi connectivity index (χ3v) is 3.71. The van der Waals surface area contributed by atoms with E-state index in [1.807, 2.05) is 28.8 Å². The largest absolute Gasteiger partial charge is 0.366 e. The van der Waals surface area contributed by atoms with Crippen molar-refractivity contribution in [2.24, 2.45) is 5.73 Å². The average Bonchev–Trinajstić information content (AvgIpc) is 2.98. The van der Waals surface area contributed by atoms with E-state index >= 15 is 0 Å². The van der Waals surface area contributed by atoms with Gasteiger partial charge in [-0.2, -0.15) is 0 Å². The van der Waals surface area contributed by atoms with E-state index in [0.29, 0.717) is 11.3 Å². The Labute approximate surface area is 132 Å². The van der Waals surface area contributed by atoms with Gasteiger partial charge < -0.3 is 15.6 Å². The molecule has 0 fully saturated rings. The predicted molar refractivity (Wildman–Crippen MR) is 88.0 cm³/mol. The molecule has 0 aliphatic carbocycles. The number of hydrogen-bond donors (Lipinski definition) is 2. The molecular weight excluding hydrogens is 292 g/mol. The van der Waals surface area contributed by atoms with E-state index in [1.165, 1.54) is 0 Å². The Morgan fingerprint density at radius 1 is 1.13 bits per heavy atom. The summed E-state index contributed by atoms with van der Waals surface area (Å²) in [6, 6.07) is 13.7. The Kier molecular flexibility index (Phi) is 3.80. The van der Waals surface area contributed by atoms with Gasteiger partial charge in [0.1, 0.15) is 6.04 Å². The highest BCUT2D eigenvalue weighted by Crippen LogP contribution is 2.19. The molecule has 1 unspecified atom stereocenters. The van der Waals surface area contributed by atoms with Gasteiger partial charge in [0.05, 0.1) is 17.4 Å². The monoisotopic (exact) mass is 308 g/mol. The van der Waals surface area contributed by atoms with E-state index in [1.54, 1.807) is 37.5 Å². The van der Waals surface area contributed by atoms with Gasteiger partial charge in [0.25, 0.3) is 0 Å². The van der Waals surface area contributed by atoms with E-state index in [-0.39, 0.29) is 5.91 Å². The number of anilines is 1. The quantitative estimate of drug-likeness (QED) is 0.775. The molecule has 3 aromatic rings. The Morgan fingerprint density at radius 2 is 1.83 bits per heavy atom. The Balaban J connectivity index is 1.78. The van der Waals surface area contributed by atoms with Gasteiger partial charge >= 0.3 is 0 Å². The number of rotatable bonds is 4. The molecule has 23 heavy (non-hydrogen) atoms. The van der Waals surface area contributed by atoms with Crippen LogP contribution in [0.25, 0.3) is 11.0 Å². The van der Waals surface area contributed by atoms with Crippen LogP contribution in [0.2, 0.25) is 0 Å². The van der Waals surface area contributed by atoms with Crippen LogP contribution in [0.15, 0.2) is 54.9 Å². The van der Waals surface area contributed by atoms with Crippen LogP contribution in [0.4, 0.5) is 5.69 Å². The van der Waals surface area contributed by atoms with Crippen LogP contribution in [-0.4, -0.2) is 21.4 Å². The number of primary amides is 1. The van der Waals surface area contributed by atoms with Crippen LogP contribution < -0.4 is 11.1 Å². The first kappa shape index (κ1) is 14.8. The van der Waals surface area contributed by atoms with Crippen molar-refractivity contribution in [1.82, 2.24) is 9.55 Å². The molecule has 6 nitrogen and oxygen atoms in total. The summed E-state index contributed by atoms with van der Waals surface area (Å²) in [5, 5.41) is 2.82. The number of carbonyl (C=O) groups excluding carboxylic acids is 2. The van der Waals surface area contributed by atoms with Crippen molar-refractivity contribution < 1.29 is 9.59 Å². The maximum absolute atomic E-state index is 12.4. The van der Waals surface area contributed by atoms with E-state index in [4.69, 9.17) is 5.73 Å². The third-order valence-electron chi connectivity index (χ3n) is 3.71. The lowest BCUT2D eigenvalue weighted by molar-refractivity contribution is -0.118. The summed E-state index contributed by atoms with van der Waals surface area (Å²) in [6.07, 6.45) is 1.66. The average molecular weight is 308 g/mol. The van der Waals surface area contributed by atoms with Crippen LogP contribution in [0, 0.1) is 0 Å². The lowest BCUT2D eigenvalue weighted by Gasteiger charge is -2.14. The van der Waals surface area contributed by atoms with Gasteiger partial charge in [-0.1, -0.05) is 12.1 Å². The number of nitrogens with two attached hydrogens (primary N) is 1. The van der Waals surface area contributed by atoms with E-state index in [2.05, 4.69) is 10.3 Å². The highest BCUT2D eigenvalue weighted by molar-refractivity contribution is 5.96. The Morgan fingerprint density at radius 3 is 2.52 bits per heavy atom. The molecule has 0 spiro atoms. The molecule has 0 bridgehead atoms. The summed E-state index contributed by atoms with van der Waals surface area (Å²) in [7, 11) is 0. The molecule has 0 aliphatic heterocycles. The molecule has 3 N–H and O–H groups in total. The van der Waals surface area contributed by atoms with Gasteiger partial charge in [0, 0.05) is 11.3 Å². The molecule has 1 aromatic heterocycles. The fourth-order valence-corrected chi connectivity index (χ4v) is 2.38. The second-order valence-corrected chi connectivity index (χ2v) is 5.25. The summed E-state index contributed by atoms with van der Waals surface area (Å²) < 4.78 is 1.82. The molecule has 0 aliphatic rings. The van der Waals surface area contributed by atoms with Crippen molar-refractivity contribution in [3.63, 3.8) is 0 Å². The van der Waals surface area contributed by atoms with E-state index < -0.39 is 11.9 Å². The normalized spacial score (nSPS) is 12.0. The fraction of sp³-hybridized carbons (Fsp3) is 0.118. The molecule has 0 saturated carbocycles. The van der Waals surface area contributed by atoms with Crippen molar-refractivity contribution in [3.05, 3.63) is 60.4 Å². The number of nitrogens with one attached hydrogen (secondary N) is 1. The van der Waals surface area contributed by atoms with Crippen molar-refractivity contribution in [1.29, 1.82) is 0 Å². The molecule has 0 saturated heterocycles. The summed E-state index contributed by atoms with van der Waals surface area (Å²) in [5.74, 6) is -0.666. The minimum Gasteiger partial charge on any atom is -0.366 e. The number of nitrogens with zero attached hydrogens (tertiary/aromatic N) is 2. The number of fused-ring (bicyclic) bond motifs is 1. The molecule has 116 valence electrons. The zero-order valence-electron chi connectivity index (χ0n) is 12.6. The zero-order valence-corrected chi connectivity index (χ0v) is 12.6. The number of benzene rings is 2. The minimum absolute atomic E-state index is 0.167. The number of hydrogen-bond acceptors (Lipinski definition) is 3. The first-order valence-electron chi connectivity index (χ1n) is 7.18. The molecular formula is C17H16N4O2. The fourth-order valence-electron chi connectivity index (χ4n) is 2.38. The van der Waals surface area contributed by atoms with Gasteiger partial charge in [-0.25, -0.2) is 4.98 Å². The van der Waals surface area contributed by atoms with Crippen LogP contribution in [0.3, 0.4) is 0 Å². The summed E-state index contributed by atoms with van der Waals surface area (Å²) in [5.41, 5.74) is 7.95. The predicted octanol–water partition coefficient (Wildman–Crippen LogP) is 2.33. The first-order chi connectivity index (χ1) is 11.1. The standard InChI is InChI=1S/C17H16N4O2/c1-11(21-10-19-14-4-2-3-5-15(14)21)17(23)20-13-8-6-12(7-9-13)16(18)22/h2-11H,1H3,(H2,18,22)(H,20,23). The second-order valence-electron chi connectivity index (χ2n) is 5.25. The Hall–Kier alpha value is -3.15. The maximum Gasteiger partial charge on any atom is 0.248 e. The number of carbonyl (C=O) groups is 2. The number of amides is 2. The molecule has 2 amide bonds. The minimum atomic E-state index is -0.499. The summed E-state index contributed by atoms with van der Waals surface area (Å²) >= 11 is 0. The topological polar surface area (TPSA) is 90.0 Å². The van der Waals surface area contributed by atoms with Crippen LogP contribution >= 0.6 is 0 Å². The number of para-hydroxylation sites is 2. The lowest BCUT2D eigenvalue weighted by Crippen LogP contribution is -2.23. The van der Waals surface area contributed by atoms with Crippen molar-refractivity contribution in [2.45, 2.75) is 13.0 Å². The lowest BCUT2D eigenvalue weighted by atomic mass is 10.2. The molecule has 3 rings (SSSR count). The molecule has 1 atom stereocenters. The molecule has 0 radical (unpaired) electrons. The third kappa shape index (κ3) is 2.91. The van der Waals surface area contributed by atoms with Crippen LogP contribution in [-0.2, 0) is 4.79 Å². The second kappa shape index (κ2) is 5.92. The van der Waals surface area contributed by atoms with Crippen LogP contribution in [0.5, 0.6) is 0 Å². The highest BCUT2D eigenvalue weighted by atomic mass is 16.2. The van der Waals surface area contributed by atoms with Gasteiger partial charge in [-0.15, -0.1) is 0 Å². The van der Waals surface area contributed by atoms with Gasteiger partial charge in [-0.3, -0.25) is 9.59 Å². The summed E-state index contributed by atoms with van der Waals surface area (Å²) in [4.78, 5) is 27.8. The van der Waals surface area contributed by atoms with Crippen molar-refractivity contribution in [3.8, 4) is 0 Å². The number of imidazole rings is 1. The van der Waals surface area contributed by atoms with Gasteiger partial charge in [-0.05, 0) is 43.3 Å². The van der Waals surface area contributed by atoms with Crippen molar-refractivity contribution >= 4 is 28.5 Å².